The third kappa shape index (κ3) is 2.64. The molecule has 1 N–H and O–H groups in total. The maximum absolute atomic E-state index is 4.49. The number of rotatable bonds is 3. The number of nitrogens with zero attached hydrogens (tertiary/aromatic N) is 1. The molecule has 1 aliphatic carbocycles. The molecular weight excluding hydrogens is 232 g/mol. The van der Waals surface area contributed by atoms with Gasteiger partial charge in [-0.15, -0.1) is 0 Å². The van der Waals surface area contributed by atoms with Gasteiger partial charge in [0.1, 0.15) is 0 Å². The molecule has 0 radical (unpaired) electrons. The lowest BCUT2D eigenvalue weighted by Crippen LogP contribution is -2.27. The smallest absolute Gasteiger partial charge is 0.0704 e. The molecule has 0 saturated heterocycles. The van der Waals surface area contributed by atoms with Crippen LogP contribution in [0.5, 0.6) is 0 Å². The molecule has 2 atom stereocenters. The first-order valence-corrected chi connectivity index (χ1v) is 7.38. The van der Waals surface area contributed by atoms with Gasteiger partial charge in [0, 0.05) is 11.6 Å². The van der Waals surface area contributed by atoms with Crippen LogP contribution in [0.3, 0.4) is 0 Å². The molecule has 1 saturated carbocycles. The Morgan fingerprint density at radius 2 is 2.11 bits per heavy atom. The molecule has 0 amide bonds. The number of hydrogen-bond acceptors (Lipinski definition) is 2. The SMILES string of the molecule is CNCC1CCCCC1c1ccc2cccnc2c1. The van der Waals surface area contributed by atoms with Gasteiger partial charge in [-0.3, -0.25) is 4.98 Å². The fraction of sp³-hybridized carbons (Fsp3) is 0.471. The van der Waals surface area contributed by atoms with E-state index in [1.807, 2.05) is 12.3 Å². The second-order valence-electron chi connectivity index (χ2n) is 5.66. The van der Waals surface area contributed by atoms with Crippen LogP contribution >= 0.6 is 0 Å². The molecule has 3 rings (SSSR count). The van der Waals surface area contributed by atoms with Crippen molar-refractivity contribution >= 4 is 10.9 Å². The predicted octanol–water partition coefficient (Wildman–Crippen LogP) is 3.73. The number of benzene rings is 1. The van der Waals surface area contributed by atoms with E-state index in [2.05, 4.69) is 41.6 Å². The van der Waals surface area contributed by atoms with Gasteiger partial charge in [-0.25, -0.2) is 0 Å². The van der Waals surface area contributed by atoms with Gasteiger partial charge in [-0.2, -0.15) is 0 Å². The molecule has 2 nitrogen and oxygen atoms in total. The summed E-state index contributed by atoms with van der Waals surface area (Å²) in [6.07, 6.45) is 7.31. The first kappa shape index (κ1) is 12.6. The molecule has 1 aliphatic rings. The Labute approximate surface area is 115 Å². The van der Waals surface area contributed by atoms with Crippen LogP contribution in [0.4, 0.5) is 0 Å². The van der Waals surface area contributed by atoms with Crippen molar-refractivity contribution in [2.45, 2.75) is 31.6 Å². The van der Waals surface area contributed by atoms with Gasteiger partial charge in [0.05, 0.1) is 5.52 Å². The molecule has 1 fully saturated rings. The van der Waals surface area contributed by atoms with Crippen molar-refractivity contribution in [2.75, 3.05) is 13.6 Å². The summed E-state index contributed by atoms with van der Waals surface area (Å²) in [5.74, 6) is 1.48. The first-order valence-electron chi connectivity index (χ1n) is 7.38. The highest BCUT2D eigenvalue weighted by atomic mass is 14.8. The number of pyridine rings is 1. The summed E-state index contributed by atoms with van der Waals surface area (Å²) in [4.78, 5) is 4.49. The summed E-state index contributed by atoms with van der Waals surface area (Å²) < 4.78 is 0. The van der Waals surface area contributed by atoms with Crippen LogP contribution in [0.25, 0.3) is 10.9 Å². The number of fused-ring (bicyclic) bond motifs is 1. The molecule has 19 heavy (non-hydrogen) atoms. The Bertz CT molecular complexity index is 548. The fourth-order valence-electron chi connectivity index (χ4n) is 3.47. The summed E-state index contributed by atoms with van der Waals surface area (Å²) in [6.45, 7) is 1.13. The van der Waals surface area contributed by atoms with Crippen LogP contribution in [0.15, 0.2) is 36.5 Å². The van der Waals surface area contributed by atoms with E-state index in [-0.39, 0.29) is 0 Å². The molecule has 0 bridgehead atoms. The predicted molar refractivity (Wildman–Crippen MR) is 80.4 cm³/mol. The van der Waals surface area contributed by atoms with E-state index in [0.29, 0.717) is 5.92 Å². The molecule has 1 aromatic heterocycles. The lowest BCUT2D eigenvalue weighted by Gasteiger charge is -2.32. The Hall–Kier alpha value is -1.41. The zero-order chi connectivity index (χ0) is 13.1. The van der Waals surface area contributed by atoms with Crippen LogP contribution in [-0.2, 0) is 0 Å². The van der Waals surface area contributed by atoms with Crippen LogP contribution in [0, 0.1) is 5.92 Å². The van der Waals surface area contributed by atoms with Crippen LogP contribution in [0.2, 0.25) is 0 Å². The van der Waals surface area contributed by atoms with Crippen molar-refractivity contribution < 1.29 is 0 Å². The highest BCUT2D eigenvalue weighted by Crippen LogP contribution is 2.38. The van der Waals surface area contributed by atoms with Gasteiger partial charge in [0.15, 0.2) is 0 Å². The number of nitrogens with one attached hydrogen (secondary N) is 1. The topological polar surface area (TPSA) is 24.9 Å². The lowest BCUT2D eigenvalue weighted by molar-refractivity contribution is 0.301. The summed E-state index contributed by atoms with van der Waals surface area (Å²) in [6, 6.07) is 11.0. The van der Waals surface area contributed by atoms with Gasteiger partial charge >= 0.3 is 0 Å². The maximum Gasteiger partial charge on any atom is 0.0704 e. The van der Waals surface area contributed by atoms with E-state index >= 15 is 0 Å². The normalized spacial score (nSPS) is 23.6. The average Bonchev–Trinajstić information content (AvgIpc) is 2.48. The molecular formula is C17H22N2. The van der Waals surface area contributed by atoms with E-state index in [1.165, 1.54) is 36.6 Å². The molecule has 2 unspecified atom stereocenters. The molecule has 0 spiro atoms. The summed E-state index contributed by atoms with van der Waals surface area (Å²) >= 11 is 0. The molecule has 1 heterocycles. The quantitative estimate of drug-likeness (QED) is 0.902. The average molecular weight is 254 g/mol. The summed E-state index contributed by atoms with van der Waals surface area (Å²) in [5, 5.41) is 4.60. The standard InChI is InChI=1S/C17H22N2/c1-18-12-15-5-2-3-7-16(15)14-9-8-13-6-4-10-19-17(13)11-14/h4,6,8-11,15-16,18H,2-3,5,7,12H2,1H3. The van der Waals surface area contributed by atoms with Gasteiger partial charge in [-0.1, -0.05) is 31.0 Å². The van der Waals surface area contributed by atoms with Crippen molar-refractivity contribution in [1.29, 1.82) is 0 Å². The second kappa shape index (κ2) is 5.70. The van der Waals surface area contributed by atoms with Crippen molar-refractivity contribution in [3.05, 3.63) is 42.1 Å². The zero-order valence-electron chi connectivity index (χ0n) is 11.6. The fourth-order valence-corrected chi connectivity index (χ4v) is 3.47. The van der Waals surface area contributed by atoms with Crippen molar-refractivity contribution in [1.82, 2.24) is 10.3 Å². The largest absolute Gasteiger partial charge is 0.319 e. The van der Waals surface area contributed by atoms with Crippen molar-refractivity contribution in [3.63, 3.8) is 0 Å². The second-order valence-corrected chi connectivity index (χ2v) is 5.66. The molecule has 1 aromatic carbocycles. The molecule has 100 valence electrons. The highest BCUT2D eigenvalue weighted by Gasteiger charge is 2.25. The maximum atomic E-state index is 4.49. The molecule has 0 aliphatic heterocycles. The number of hydrogen-bond donors (Lipinski definition) is 1. The minimum Gasteiger partial charge on any atom is -0.319 e. The Balaban J connectivity index is 1.92. The molecule has 2 heteroatoms. The summed E-state index contributed by atoms with van der Waals surface area (Å²) in [7, 11) is 2.06. The van der Waals surface area contributed by atoms with Gasteiger partial charge < -0.3 is 5.32 Å². The van der Waals surface area contributed by atoms with Crippen LogP contribution < -0.4 is 5.32 Å². The Morgan fingerprint density at radius 3 is 3.00 bits per heavy atom. The van der Waals surface area contributed by atoms with Crippen molar-refractivity contribution in [2.24, 2.45) is 5.92 Å². The summed E-state index contributed by atoms with van der Waals surface area (Å²) in [5.41, 5.74) is 2.61. The van der Waals surface area contributed by atoms with E-state index in [9.17, 15) is 0 Å². The minimum atomic E-state index is 0.701. The van der Waals surface area contributed by atoms with Gasteiger partial charge in [-0.05, 0) is 56.0 Å². The van der Waals surface area contributed by atoms with Crippen molar-refractivity contribution in [3.8, 4) is 0 Å². The van der Waals surface area contributed by atoms with Crippen LogP contribution in [-0.4, -0.2) is 18.6 Å². The lowest BCUT2D eigenvalue weighted by atomic mass is 9.75. The minimum absolute atomic E-state index is 0.701. The van der Waals surface area contributed by atoms with Gasteiger partial charge in [0.2, 0.25) is 0 Å². The monoisotopic (exact) mass is 254 g/mol. The first-order chi connectivity index (χ1) is 9.38. The van der Waals surface area contributed by atoms with E-state index < -0.39 is 0 Å². The van der Waals surface area contributed by atoms with Gasteiger partial charge in [0.25, 0.3) is 0 Å². The molecule has 2 aromatic rings. The zero-order valence-corrected chi connectivity index (χ0v) is 11.6. The Kier molecular flexibility index (Phi) is 3.79. The number of aromatic nitrogens is 1. The third-order valence-electron chi connectivity index (χ3n) is 4.43. The third-order valence-corrected chi connectivity index (χ3v) is 4.43. The van der Waals surface area contributed by atoms with E-state index in [0.717, 1.165) is 18.0 Å². The van der Waals surface area contributed by atoms with E-state index in [4.69, 9.17) is 0 Å². The highest BCUT2D eigenvalue weighted by molar-refractivity contribution is 5.79. The van der Waals surface area contributed by atoms with Crippen LogP contribution in [0.1, 0.15) is 37.2 Å². The van der Waals surface area contributed by atoms with E-state index in [1.54, 1.807) is 0 Å². The Morgan fingerprint density at radius 1 is 1.21 bits per heavy atom.